The molecule has 0 bridgehead atoms. The number of carbonyl (C=O) groups excluding carboxylic acids is 1. The minimum absolute atomic E-state index is 0.159. The first kappa shape index (κ1) is 19.2. The molecule has 1 N–H and O–H groups in total. The third-order valence-electron chi connectivity index (χ3n) is 4.39. The van der Waals surface area contributed by atoms with Crippen molar-refractivity contribution in [2.24, 2.45) is 0 Å². The van der Waals surface area contributed by atoms with Crippen molar-refractivity contribution >= 4 is 61.5 Å². The molecule has 1 aliphatic heterocycles. The van der Waals surface area contributed by atoms with Gasteiger partial charge in [-0.1, -0.05) is 29.8 Å². The van der Waals surface area contributed by atoms with Crippen LogP contribution < -0.4 is 9.62 Å². The summed E-state index contributed by atoms with van der Waals surface area (Å²) in [5.74, 6) is -0.426. The number of nitrogens with one attached hydrogen (secondary N) is 1. The summed E-state index contributed by atoms with van der Waals surface area (Å²) in [5.41, 5.74) is 2.30. The topological polar surface area (TPSA) is 66.5 Å². The van der Waals surface area contributed by atoms with Crippen LogP contribution in [0.3, 0.4) is 0 Å². The molecule has 1 aliphatic rings. The maximum Gasteiger partial charge on any atom is 0.265 e. The van der Waals surface area contributed by atoms with E-state index in [0.717, 1.165) is 7.88 Å². The van der Waals surface area contributed by atoms with Crippen LogP contribution in [0.2, 0.25) is 5.02 Å². The van der Waals surface area contributed by atoms with Crippen LogP contribution in [0.5, 0.6) is 0 Å². The van der Waals surface area contributed by atoms with Crippen LogP contribution >= 0.6 is 34.2 Å². The first-order valence-electron chi connectivity index (χ1n) is 8.33. The van der Waals surface area contributed by atoms with Gasteiger partial charge in [-0.15, -0.1) is 0 Å². The van der Waals surface area contributed by atoms with Crippen molar-refractivity contribution in [2.45, 2.75) is 4.90 Å². The monoisotopic (exact) mass is 524 g/mol. The van der Waals surface area contributed by atoms with Gasteiger partial charge in [0, 0.05) is 25.4 Å². The molecule has 8 heteroatoms. The zero-order valence-corrected chi connectivity index (χ0v) is 18.1. The molecule has 3 aromatic carbocycles. The van der Waals surface area contributed by atoms with Crippen LogP contribution in [0.25, 0.3) is 11.1 Å². The predicted octanol–water partition coefficient (Wildman–Crippen LogP) is 4.76. The van der Waals surface area contributed by atoms with Gasteiger partial charge < -0.3 is 5.32 Å². The molecule has 0 unspecified atom stereocenters. The van der Waals surface area contributed by atoms with E-state index in [1.54, 1.807) is 54.6 Å². The summed E-state index contributed by atoms with van der Waals surface area (Å²) in [5, 5.41) is 3.24. The Hall–Kier alpha value is -2.10. The average molecular weight is 525 g/mol. The van der Waals surface area contributed by atoms with Crippen molar-refractivity contribution in [2.75, 3.05) is 16.2 Å². The van der Waals surface area contributed by atoms with Gasteiger partial charge in [0.1, 0.15) is 6.54 Å². The predicted molar refractivity (Wildman–Crippen MR) is 119 cm³/mol. The fourth-order valence-electron chi connectivity index (χ4n) is 3.14. The number of anilines is 2. The molecular weight excluding hydrogens is 511 g/mol. The zero-order chi connectivity index (χ0) is 19.9. The average Bonchev–Trinajstić information content (AvgIpc) is 2.67. The van der Waals surface area contributed by atoms with E-state index in [4.69, 9.17) is 11.6 Å². The van der Waals surface area contributed by atoms with E-state index >= 15 is 0 Å². The molecule has 5 nitrogen and oxygen atoms in total. The third kappa shape index (κ3) is 3.49. The number of fused-ring (bicyclic) bond motifs is 3. The Morgan fingerprint density at radius 2 is 1.71 bits per heavy atom. The van der Waals surface area contributed by atoms with E-state index in [1.165, 1.54) is 0 Å². The number of carbonyl (C=O) groups is 1. The number of sulfonamides is 1. The number of nitrogens with zero attached hydrogens (tertiary/aromatic N) is 1. The molecule has 0 spiro atoms. The van der Waals surface area contributed by atoms with Crippen molar-refractivity contribution < 1.29 is 13.2 Å². The molecule has 1 amide bonds. The van der Waals surface area contributed by atoms with E-state index in [-0.39, 0.29) is 11.4 Å². The Balaban J connectivity index is 1.72. The summed E-state index contributed by atoms with van der Waals surface area (Å²) >= 11 is 8.31. The first-order valence-corrected chi connectivity index (χ1v) is 11.2. The molecule has 4 rings (SSSR count). The number of hydrogen-bond acceptors (Lipinski definition) is 3. The smallest absolute Gasteiger partial charge is 0.265 e. The van der Waals surface area contributed by atoms with Gasteiger partial charge in [-0.2, -0.15) is 0 Å². The summed E-state index contributed by atoms with van der Waals surface area (Å²) in [6.45, 7) is -0.336. The number of hydrogen-bond donors (Lipinski definition) is 1. The molecule has 0 radical (unpaired) electrons. The Kier molecular flexibility index (Phi) is 5.07. The number of benzene rings is 3. The highest BCUT2D eigenvalue weighted by Crippen LogP contribution is 2.43. The van der Waals surface area contributed by atoms with E-state index in [1.807, 2.05) is 12.1 Å². The molecule has 0 atom stereocenters. The lowest BCUT2D eigenvalue weighted by Gasteiger charge is -2.31. The van der Waals surface area contributed by atoms with E-state index in [0.29, 0.717) is 27.5 Å². The molecule has 0 aromatic heterocycles. The minimum Gasteiger partial charge on any atom is -0.325 e. The fraction of sp³-hybridized carbons (Fsp3) is 0.0500. The molecular formula is C20H14ClIN2O3S. The number of halogens is 2. The molecule has 0 saturated heterocycles. The molecule has 3 aromatic rings. The van der Waals surface area contributed by atoms with Crippen molar-refractivity contribution in [3.63, 3.8) is 0 Å². The van der Waals surface area contributed by atoms with Crippen LogP contribution in [0.15, 0.2) is 71.6 Å². The molecule has 28 heavy (non-hydrogen) atoms. The van der Waals surface area contributed by atoms with E-state index in [2.05, 4.69) is 27.9 Å². The second-order valence-electron chi connectivity index (χ2n) is 6.22. The lowest BCUT2D eigenvalue weighted by molar-refractivity contribution is -0.114. The summed E-state index contributed by atoms with van der Waals surface area (Å²) in [4.78, 5) is 12.8. The highest BCUT2D eigenvalue weighted by Gasteiger charge is 2.35. The summed E-state index contributed by atoms with van der Waals surface area (Å²) < 4.78 is 28.6. The highest BCUT2D eigenvalue weighted by atomic mass is 127. The van der Waals surface area contributed by atoms with E-state index < -0.39 is 15.9 Å². The first-order chi connectivity index (χ1) is 13.4. The fourth-order valence-corrected chi connectivity index (χ4v) is 5.32. The molecule has 1 heterocycles. The third-order valence-corrected chi connectivity index (χ3v) is 7.16. The lowest BCUT2D eigenvalue weighted by atomic mass is 10.0. The van der Waals surface area contributed by atoms with Gasteiger partial charge in [-0.3, -0.25) is 9.10 Å². The quantitative estimate of drug-likeness (QED) is 0.503. The van der Waals surface area contributed by atoms with Crippen molar-refractivity contribution in [1.82, 2.24) is 0 Å². The summed E-state index contributed by atoms with van der Waals surface area (Å²) in [7, 11) is -3.87. The minimum atomic E-state index is -3.87. The van der Waals surface area contributed by atoms with Crippen LogP contribution in [0.4, 0.5) is 11.4 Å². The molecule has 0 saturated carbocycles. The Bertz CT molecular complexity index is 1180. The number of amides is 1. The van der Waals surface area contributed by atoms with Crippen molar-refractivity contribution in [3.05, 3.63) is 75.3 Å². The second-order valence-corrected chi connectivity index (χ2v) is 9.74. The van der Waals surface area contributed by atoms with Crippen LogP contribution in [-0.2, 0) is 14.8 Å². The number of rotatable bonds is 3. The Morgan fingerprint density at radius 1 is 1.00 bits per heavy atom. The van der Waals surface area contributed by atoms with Crippen LogP contribution in [0.1, 0.15) is 0 Å². The van der Waals surface area contributed by atoms with Crippen LogP contribution in [-0.4, -0.2) is 20.9 Å². The van der Waals surface area contributed by atoms with Gasteiger partial charge in [0.2, 0.25) is 5.91 Å². The summed E-state index contributed by atoms with van der Waals surface area (Å²) in [6, 6.07) is 19.0. The molecule has 142 valence electrons. The van der Waals surface area contributed by atoms with Crippen LogP contribution in [0, 0.1) is 3.57 Å². The standard InChI is InChI=1S/C20H14ClIN2O3S/c21-13-5-10-18-17(11-13)16-3-1-2-4-19(16)28(26,27)24(18)12-20(25)23-15-8-6-14(22)7-9-15/h1-11H,12H2,(H,23,25). The molecule has 0 aliphatic carbocycles. The van der Waals surface area contributed by atoms with E-state index in [9.17, 15) is 13.2 Å². The Labute approximate surface area is 181 Å². The SMILES string of the molecule is O=C(CN1c2ccc(Cl)cc2-c2ccccc2S1(=O)=O)Nc1ccc(I)cc1. The summed E-state index contributed by atoms with van der Waals surface area (Å²) in [6.07, 6.45) is 0. The lowest BCUT2D eigenvalue weighted by Crippen LogP contribution is -2.40. The van der Waals surface area contributed by atoms with Gasteiger partial charge in [0.15, 0.2) is 0 Å². The maximum atomic E-state index is 13.2. The van der Waals surface area contributed by atoms with Crippen molar-refractivity contribution in [1.29, 1.82) is 0 Å². The van der Waals surface area contributed by atoms with Gasteiger partial charge in [0.05, 0.1) is 10.6 Å². The molecule has 0 fully saturated rings. The normalized spacial score (nSPS) is 14.1. The van der Waals surface area contributed by atoms with Gasteiger partial charge in [-0.05, 0) is 71.1 Å². The maximum absolute atomic E-state index is 13.2. The Morgan fingerprint density at radius 3 is 2.46 bits per heavy atom. The van der Waals surface area contributed by atoms with Gasteiger partial charge in [-0.25, -0.2) is 8.42 Å². The van der Waals surface area contributed by atoms with Gasteiger partial charge >= 0.3 is 0 Å². The largest absolute Gasteiger partial charge is 0.325 e. The zero-order valence-electron chi connectivity index (χ0n) is 14.4. The highest BCUT2D eigenvalue weighted by molar-refractivity contribution is 14.1. The second kappa shape index (κ2) is 7.38. The van der Waals surface area contributed by atoms with Gasteiger partial charge in [0.25, 0.3) is 10.0 Å². The van der Waals surface area contributed by atoms with Crippen molar-refractivity contribution in [3.8, 4) is 11.1 Å².